The van der Waals surface area contributed by atoms with E-state index in [-0.39, 0.29) is 12.0 Å². The van der Waals surface area contributed by atoms with Crippen molar-refractivity contribution in [2.24, 2.45) is 0 Å². The number of hydrogen-bond donors (Lipinski definition) is 1. The van der Waals surface area contributed by atoms with Gasteiger partial charge in [-0.05, 0) is 29.8 Å². The van der Waals surface area contributed by atoms with E-state index in [1.807, 2.05) is 30.3 Å². The second-order valence-corrected chi connectivity index (χ2v) is 8.31. The first kappa shape index (κ1) is 21.1. The lowest BCUT2D eigenvalue weighted by Crippen LogP contribution is -2.48. The first-order valence-electron chi connectivity index (χ1n) is 10.1. The van der Waals surface area contributed by atoms with Gasteiger partial charge in [-0.25, -0.2) is 0 Å². The molecule has 2 heterocycles. The van der Waals surface area contributed by atoms with E-state index in [4.69, 9.17) is 14.3 Å². The fraction of sp³-hybridized carbons (Fsp3) is 0.348. The molecule has 0 saturated carbocycles. The zero-order valence-electron chi connectivity index (χ0n) is 16.7. The molecule has 30 heavy (non-hydrogen) atoms. The molecule has 1 fully saturated rings. The first-order chi connectivity index (χ1) is 14.6. The van der Waals surface area contributed by atoms with Gasteiger partial charge in [0.25, 0.3) is 0 Å². The van der Waals surface area contributed by atoms with Crippen LogP contribution in [0.1, 0.15) is 0 Å². The number of benzene rings is 2. The second kappa shape index (κ2) is 9.75. The number of rotatable bonds is 7. The van der Waals surface area contributed by atoms with Gasteiger partial charge < -0.3 is 14.3 Å². The summed E-state index contributed by atoms with van der Waals surface area (Å²) in [5.41, 5.74) is 1.85. The highest BCUT2D eigenvalue weighted by Crippen LogP contribution is 2.24. The Morgan fingerprint density at radius 3 is 2.40 bits per heavy atom. The van der Waals surface area contributed by atoms with Crippen molar-refractivity contribution in [3.8, 4) is 16.9 Å². The summed E-state index contributed by atoms with van der Waals surface area (Å²) in [5, 5.41) is 9.57. The van der Waals surface area contributed by atoms with Crippen LogP contribution in [0.4, 0.5) is 0 Å². The molecule has 2 aromatic carbocycles. The maximum Gasteiger partial charge on any atom is 0.200 e. The number of aliphatic hydroxyl groups is 1. The van der Waals surface area contributed by atoms with Crippen molar-refractivity contribution in [2.75, 3.05) is 52.5 Å². The molecule has 1 N–H and O–H groups in total. The Balaban J connectivity index is 1.39. The van der Waals surface area contributed by atoms with Crippen LogP contribution in [-0.2, 0) is 0 Å². The predicted octanol–water partition coefficient (Wildman–Crippen LogP) is 3.21. The predicted molar refractivity (Wildman–Crippen MR) is 121 cm³/mol. The van der Waals surface area contributed by atoms with Crippen molar-refractivity contribution < 1.29 is 14.3 Å². The zero-order valence-corrected chi connectivity index (χ0v) is 18.3. The van der Waals surface area contributed by atoms with Gasteiger partial charge in [0.05, 0.1) is 17.6 Å². The van der Waals surface area contributed by atoms with Crippen molar-refractivity contribution >= 4 is 26.9 Å². The van der Waals surface area contributed by atoms with Gasteiger partial charge in [0, 0.05) is 49.8 Å². The number of aliphatic hydroxyl groups excluding tert-OH is 1. The number of halogens is 1. The van der Waals surface area contributed by atoms with Gasteiger partial charge >= 0.3 is 0 Å². The third kappa shape index (κ3) is 4.92. The highest BCUT2D eigenvalue weighted by Gasteiger charge is 2.16. The van der Waals surface area contributed by atoms with Gasteiger partial charge in [0.15, 0.2) is 5.43 Å². The van der Waals surface area contributed by atoms with Gasteiger partial charge in [0.2, 0.25) is 0 Å². The summed E-state index contributed by atoms with van der Waals surface area (Å²) >= 11 is 3.41. The van der Waals surface area contributed by atoms with Crippen LogP contribution >= 0.6 is 15.9 Å². The monoisotopic (exact) mass is 472 g/mol. The van der Waals surface area contributed by atoms with Gasteiger partial charge in [-0.1, -0.05) is 28.1 Å². The SMILES string of the molecule is O=c1c(-c2ccc(Br)cc2)coc2cc(OCCN3CCN(CCO)CC3)ccc12. The molecule has 0 aliphatic carbocycles. The quantitative estimate of drug-likeness (QED) is 0.569. The average Bonchev–Trinajstić information content (AvgIpc) is 2.76. The van der Waals surface area contributed by atoms with Crippen LogP contribution in [-0.4, -0.2) is 67.4 Å². The third-order valence-electron chi connectivity index (χ3n) is 5.46. The van der Waals surface area contributed by atoms with E-state index in [1.165, 1.54) is 6.26 Å². The minimum Gasteiger partial charge on any atom is -0.492 e. The normalized spacial score (nSPS) is 15.5. The number of nitrogens with zero attached hydrogens (tertiary/aromatic N) is 2. The number of hydrogen-bond acceptors (Lipinski definition) is 6. The molecule has 0 bridgehead atoms. The summed E-state index contributed by atoms with van der Waals surface area (Å²) in [6.45, 7) is 6.29. The zero-order chi connectivity index (χ0) is 20.9. The molecule has 1 aliphatic heterocycles. The Morgan fingerprint density at radius 1 is 1.00 bits per heavy atom. The van der Waals surface area contributed by atoms with E-state index >= 15 is 0 Å². The summed E-state index contributed by atoms with van der Waals surface area (Å²) < 4.78 is 12.6. The fourth-order valence-electron chi connectivity index (χ4n) is 3.70. The molecule has 7 heteroatoms. The Kier molecular flexibility index (Phi) is 6.84. The van der Waals surface area contributed by atoms with E-state index in [9.17, 15) is 4.79 Å². The number of ether oxygens (including phenoxy) is 1. The molecule has 1 saturated heterocycles. The van der Waals surface area contributed by atoms with Crippen molar-refractivity contribution in [3.05, 3.63) is 63.4 Å². The Bertz CT molecular complexity index is 1040. The van der Waals surface area contributed by atoms with Crippen LogP contribution in [0.2, 0.25) is 0 Å². The lowest BCUT2D eigenvalue weighted by atomic mass is 10.1. The van der Waals surface area contributed by atoms with Gasteiger partial charge in [-0.15, -0.1) is 0 Å². The molecule has 4 rings (SSSR count). The molecule has 1 aliphatic rings. The molecule has 0 amide bonds. The number of piperazine rings is 1. The molecule has 1 aromatic heterocycles. The standard InChI is InChI=1S/C23H25BrN2O4/c24-18-3-1-17(2-4-18)21-16-30-22-15-19(5-6-20(22)23(21)28)29-14-12-26-9-7-25(8-10-26)11-13-27/h1-6,15-16,27H,7-14H2. The first-order valence-corrected chi connectivity index (χ1v) is 10.9. The molecule has 0 atom stereocenters. The molecule has 6 nitrogen and oxygen atoms in total. The van der Waals surface area contributed by atoms with E-state index in [1.54, 1.807) is 12.1 Å². The highest BCUT2D eigenvalue weighted by atomic mass is 79.9. The van der Waals surface area contributed by atoms with Crippen molar-refractivity contribution in [2.45, 2.75) is 0 Å². The molecular weight excluding hydrogens is 448 g/mol. The molecule has 3 aromatic rings. The smallest absolute Gasteiger partial charge is 0.200 e. The van der Waals surface area contributed by atoms with Gasteiger partial charge in [-0.2, -0.15) is 0 Å². The van der Waals surface area contributed by atoms with E-state index in [2.05, 4.69) is 25.7 Å². The second-order valence-electron chi connectivity index (χ2n) is 7.40. The van der Waals surface area contributed by atoms with Crippen LogP contribution < -0.4 is 10.2 Å². The maximum atomic E-state index is 12.9. The molecule has 158 valence electrons. The Morgan fingerprint density at radius 2 is 1.70 bits per heavy atom. The van der Waals surface area contributed by atoms with Crippen LogP contribution in [0.3, 0.4) is 0 Å². The lowest BCUT2D eigenvalue weighted by molar-refractivity contribution is 0.102. The van der Waals surface area contributed by atoms with E-state index in [0.717, 1.165) is 49.3 Å². The Labute approximate surface area is 183 Å². The topological polar surface area (TPSA) is 66.2 Å². The lowest BCUT2D eigenvalue weighted by Gasteiger charge is -2.34. The van der Waals surface area contributed by atoms with E-state index < -0.39 is 0 Å². The summed E-state index contributed by atoms with van der Waals surface area (Å²) in [7, 11) is 0. The van der Waals surface area contributed by atoms with E-state index in [0.29, 0.717) is 28.9 Å². The minimum atomic E-state index is -0.0501. The van der Waals surface area contributed by atoms with Crippen molar-refractivity contribution in [1.82, 2.24) is 9.80 Å². The van der Waals surface area contributed by atoms with Gasteiger partial charge in [0.1, 0.15) is 24.2 Å². The molecule has 0 radical (unpaired) electrons. The third-order valence-corrected chi connectivity index (χ3v) is 5.99. The fourth-order valence-corrected chi connectivity index (χ4v) is 3.96. The molecule has 0 unspecified atom stereocenters. The summed E-state index contributed by atoms with van der Waals surface area (Å²) in [4.78, 5) is 17.5. The summed E-state index contributed by atoms with van der Waals surface area (Å²) in [5.74, 6) is 0.695. The van der Waals surface area contributed by atoms with Crippen LogP contribution in [0.15, 0.2) is 62.4 Å². The molecule has 0 spiro atoms. The van der Waals surface area contributed by atoms with Crippen molar-refractivity contribution in [3.63, 3.8) is 0 Å². The number of fused-ring (bicyclic) bond motifs is 1. The average molecular weight is 473 g/mol. The highest BCUT2D eigenvalue weighted by molar-refractivity contribution is 9.10. The van der Waals surface area contributed by atoms with Crippen molar-refractivity contribution in [1.29, 1.82) is 0 Å². The number of β-amino-alcohol motifs (C(OH)–C–C–N with tert-alkyl or cyclic N) is 1. The summed E-state index contributed by atoms with van der Waals surface area (Å²) in [6, 6.07) is 13.0. The van der Waals surface area contributed by atoms with Crippen LogP contribution in [0.25, 0.3) is 22.1 Å². The van der Waals surface area contributed by atoms with Crippen LogP contribution in [0.5, 0.6) is 5.75 Å². The largest absolute Gasteiger partial charge is 0.492 e. The maximum absolute atomic E-state index is 12.9. The molecular formula is C23H25BrN2O4. The van der Waals surface area contributed by atoms with Crippen LogP contribution in [0, 0.1) is 0 Å². The Hall–Kier alpha value is -2.19. The minimum absolute atomic E-state index is 0.0501. The summed E-state index contributed by atoms with van der Waals surface area (Å²) in [6.07, 6.45) is 1.52. The van der Waals surface area contributed by atoms with Gasteiger partial charge in [-0.3, -0.25) is 14.6 Å².